The number of amides is 3. The van der Waals surface area contributed by atoms with Crippen LogP contribution in [-0.2, 0) is 4.79 Å². The van der Waals surface area contributed by atoms with E-state index in [2.05, 4.69) is 10.6 Å². The summed E-state index contributed by atoms with van der Waals surface area (Å²) in [6.45, 7) is 0.752. The van der Waals surface area contributed by atoms with Crippen LogP contribution in [-0.4, -0.2) is 18.5 Å². The molecule has 0 bridgehead atoms. The van der Waals surface area contributed by atoms with Gasteiger partial charge in [-0.25, -0.2) is 4.79 Å². The molecule has 5 nitrogen and oxygen atoms in total. The average Bonchev–Trinajstić information content (AvgIpc) is 2.80. The third kappa shape index (κ3) is 4.69. The SMILES string of the molecule is O=C(Nc1ccc(N2CCCCC2=O)cc1)NC(c1ccccc1)c1ccccc1. The molecule has 0 spiro atoms. The van der Waals surface area contributed by atoms with Crippen LogP contribution in [0.4, 0.5) is 16.2 Å². The molecular weight excluding hydrogens is 374 g/mol. The van der Waals surface area contributed by atoms with Crippen molar-refractivity contribution in [2.24, 2.45) is 0 Å². The quantitative estimate of drug-likeness (QED) is 0.626. The number of carbonyl (C=O) groups excluding carboxylic acids is 2. The molecule has 0 atom stereocenters. The minimum Gasteiger partial charge on any atom is -0.327 e. The Kier molecular flexibility index (Phi) is 6.09. The van der Waals surface area contributed by atoms with Crippen molar-refractivity contribution in [3.05, 3.63) is 96.1 Å². The lowest BCUT2D eigenvalue weighted by Gasteiger charge is -2.27. The van der Waals surface area contributed by atoms with E-state index >= 15 is 0 Å². The highest BCUT2D eigenvalue weighted by Crippen LogP contribution is 2.24. The van der Waals surface area contributed by atoms with Crippen LogP contribution in [0.5, 0.6) is 0 Å². The number of nitrogens with one attached hydrogen (secondary N) is 2. The summed E-state index contributed by atoms with van der Waals surface area (Å²) in [5.41, 5.74) is 3.58. The van der Waals surface area contributed by atoms with Crippen molar-refractivity contribution in [1.29, 1.82) is 0 Å². The van der Waals surface area contributed by atoms with E-state index in [0.29, 0.717) is 12.1 Å². The largest absolute Gasteiger partial charge is 0.327 e. The Morgan fingerprint density at radius 2 is 1.40 bits per heavy atom. The zero-order valence-corrected chi connectivity index (χ0v) is 16.8. The highest BCUT2D eigenvalue weighted by Gasteiger charge is 2.20. The Morgan fingerprint density at radius 1 is 0.800 bits per heavy atom. The minimum atomic E-state index is -0.283. The fourth-order valence-corrected chi connectivity index (χ4v) is 3.75. The van der Waals surface area contributed by atoms with E-state index in [1.54, 1.807) is 0 Å². The maximum Gasteiger partial charge on any atom is 0.319 e. The number of piperidine rings is 1. The number of nitrogens with zero attached hydrogens (tertiary/aromatic N) is 1. The highest BCUT2D eigenvalue weighted by molar-refractivity contribution is 5.95. The molecule has 1 aliphatic heterocycles. The topological polar surface area (TPSA) is 61.4 Å². The minimum absolute atomic E-state index is 0.160. The molecule has 152 valence electrons. The predicted molar refractivity (Wildman–Crippen MR) is 120 cm³/mol. The second-order valence-electron chi connectivity index (χ2n) is 7.40. The zero-order chi connectivity index (χ0) is 20.8. The molecule has 2 N–H and O–H groups in total. The van der Waals surface area contributed by atoms with Crippen molar-refractivity contribution in [3.8, 4) is 0 Å². The maximum atomic E-state index is 12.7. The fraction of sp³-hybridized carbons (Fsp3) is 0.200. The maximum absolute atomic E-state index is 12.7. The molecular formula is C25H25N3O2. The molecule has 3 amide bonds. The van der Waals surface area contributed by atoms with Crippen molar-refractivity contribution < 1.29 is 9.59 Å². The van der Waals surface area contributed by atoms with Gasteiger partial charge in [0.15, 0.2) is 0 Å². The smallest absolute Gasteiger partial charge is 0.319 e. The lowest BCUT2D eigenvalue weighted by molar-refractivity contribution is -0.119. The van der Waals surface area contributed by atoms with Crippen LogP contribution in [0.3, 0.4) is 0 Å². The summed E-state index contributed by atoms with van der Waals surface area (Å²) >= 11 is 0. The number of carbonyl (C=O) groups is 2. The van der Waals surface area contributed by atoms with Gasteiger partial charge in [-0.3, -0.25) is 4.79 Å². The van der Waals surface area contributed by atoms with Gasteiger partial charge in [-0.2, -0.15) is 0 Å². The van der Waals surface area contributed by atoms with E-state index in [0.717, 1.165) is 36.2 Å². The molecule has 30 heavy (non-hydrogen) atoms. The number of hydrogen-bond acceptors (Lipinski definition) is 2. The van der Waals surface area contributed by atoms with Gasteiger partial charge in [0.05, 0.1) is 6.04 Å². The van der Waals surface area contributed by atoms with Gasteiger partial charge < -0.3 is 15.5 Å². The Hall–Kier alpha value is -3.60. The summed E-state index contributed by atoms with van der Waals surface area (Å²) in [5.74, 6) is 0.160. The monoisotopic (exact) mass is 399 g/mol. The van der Waals surface area contributed by atoms with Crippen LogP contribution in [0.1, 0.15) is 36.4 Å². The molecule has 0 aliphatic carbocycles. The molecule has 0 radical (unpaired) electrons. The van der Waals surface area contributed by atoms with E-state index in [1.165, 1.54) is 0 Å². The number of benzene rings is 3. The molecule has 0 saturated carbocycles. The highest BCUT2D eigenvalue weighted by atomic mass is 16.2. The van der Waals surface area contributed by atoms with Crippen LogP contribution in [0.2, 0.25) is 0 Å². The molecule has 1 aliphatic rings. The fourth-order valence-electron chi connectivity index (χ4n) is 3.75. The van der Waals surface area contributed by atoms with Crippen molar-refractivity contribution in [2.75, 3.05) is 16.8 Å². The molecule has 1 saturated heterocycles. The summed E-state index contributed by atoms with van der Waals surface area (Å²) in [4.78, 5) is 26.6. The van der Waals surface area contributed by atoms with Crippen LogP contribution in [0.15, 0.2) is 84.9 Å². The number of rotatable bonds is 5. The third-order valence-corrected chi connectivity index (χ3v) is 5.30. The molecule has 1 heterocycles. The summed E-state index contributed by atoms with van der Waals surface area (Å²) in [7, 11) is 0. The lowest BCUT2D eigenvalue weighted by atomic mass is 9.99. The average molecular weight is 399 g/mol. The van der Waals surface area contributed by atoms with Gasteiger partial charge in [-0.05, 0) is 48.2 Å². The molecule has 0 aromatic heterocycles. The summed E-state index contributed by atoms with van der Waals surface area (Å²) in [6, 6.07) is 26.7. The van der Waals surface area contributed by atoms with Gasteiger partial charge in [-0.1, -0.05) is 60.7 Å². The Bertz CT molecular complexity index is 948. The summed E-state index contributed by atoms with van der Waals surface area (Å²) in [5, 5.41) is 5.97. The van der Waals surface area contributed by atoms with E-state index in [4.69, 9.17) is 0 Å². The lowest BCUT2D eigenvalue weighted by Crippen LogP contribution is -2.35. The Morgan fingerprint density at radius 3 is 1.97 bits per heavy atom. The second kappa shape index (κ2) is 9.27. The van der Waals surface area contributed by atoms with Crippen LogP contribution in [0, 0.1) is 0 Å². The number of urea groups is 1. The van der Waals surface area contributed by atoms with Crippen molar-refractivity contribution in [1.82, 2.24) is 5.32 Å². The van der Waals surface area contributed by atoms with Gasteiger partial charge in [0.2, 0.25) is 5.91 Å². The predicted octanol–water partition coefficient (Wildman–Crippen LogP) is 5.11. The summed E-state index contributed by atoms with van der Waals surface area (Å²) in [6.07, 6.45) is 2.58. The van der Waals surface area contributed by atoms with Crippen molar-refractivity contribution in [3.63, 3.8) is 0 Å². The van der Waals surface area contributed by atoms with Gasteiger partial charge in [-0.15, -0.1) is 0 Å². The molecule has 1 fully saturated rings. The first-order valence-electron chi connectivity index (χ1n) is 10.3. The number of anilines is 2. The van der Waals surface area contributed by atoms with Gasteiger partial charge in [0.25, 0.3) is 0 Å². The van der Waals surface area contributed by atoms with E-state index in [-0.39, 0.29) is 18.0 Å². The van der Waals surface area contributed by atoms with E-state index in [9.17, 15) is 9.59 Å². The first kappa shape index (κ1) is 19.7. The van der Waals surface area contributed by atoms with Gasteiger partial charge >= 0.3 is 6.03 Å². The van der Waals surface area contributed by atoms with E-state index in [1.807, 2.05) is 89.8 Å². The third-order valence-electron chi connectivity index (χ3n) is 5.30. The summed E-state index contributed by atoms with van der Waals surface area (Å²) < 4.78 is 0. The zero-order valence-electron chi connectivity index (χ0n) is 16.8. The molecule has 4 rings (SSSR count). The molecule has 3 aromatic rings. The van der Waals surface area contributed by atoms with Crippen molar-refractivity contribution in [2.45, 2.75) is 25.3 Å². The molecule has 5 heteroatoms. The molecule has 0 unspecified atom stereocenters. The van der Waals surface area contributed by atoms with Gasteiger partial charge in [0, 0.05) is 24.3 Å². The van der Waals surface area contributed by atoms with Crippen molar-refractivity contribution >= 4 is 23.3 Å². The standard InChI is InChI=1S/C25H25N3O2/c29-23-13-7-8-18-28(23)22-16-14-21(15-17-22)26-25(30)27-24(19-9-3-1-4-10-19)20-11-5-2-6-12-20/h1-6,9-12,14-17,24H,7-8,13,18H2,(H2,26,27,30). The number of hydrogen-bond donors (Lipinski definition) is 2. The van der Waals surface area contributed by atoms with Crippen LogP contribution < -0.4 is 15.5 Å². The second-order valence-corrected chi connectivity index (χ2v) is 7.40. The van der Waals surface area contributed by atoms with Crippen LogP contribution >= 0.6 is 0 Å². The first-order valence-corrected chi connectivity index (χ1v) is 10.3. The Balaban J connectivity index is 1.45. The first-order chi connectivity index (χ1) is 14.7. The Labute approximate surface area is 176 Å². The normalized spacial score (nSPS) is 13.9. The van der Waals surface area contributed by atoms with E-state index < -0.39 is 0 Å². The van der Waals surface area contributed by atoms with Gasteiger partial charge in [0.1, 0.15) is 0 Å². The van der Waals surface area contributed by atoms with Crippen LogP contribution in [0.25, 0.3) is 0 Å². The molecule has 3 aromatic carbocycles.